The van der Waals surface area contributed by atoms with Gasteiger partial charge in [-0.05, 0) is 48.8 Å². The van der Waals surface area contributed by atoms with Gasteiger partial charge in [0.2, 0.25) is 0 Å². The summed E-state index contributed by atoms with van der Waals surface area (Å²) in [6, 6.07) is 6.09. The topological polar surface area (TPSA) is 97.1 Å². The van der Waals surface area contributed by atoms with E-state index < -0.39 is 6.09 Å². The number of carbonyl (C=O) groups is 2. The number of aldehydes is 1. The Balaban J connectivity index is 0. The molecule has 0 aliphatic heterocycles. The molecule has 0 spiro atoms. The zero-order valence-electron chi connectivity index (χ0n) is 21.9. The first-order valence-corrected chi connectivity index (χ1v) is 12.0. The first-order valence-electron chi connectivity index (χ1n) is 12.0. The van der Waals surface area contributed by atoms with Crippen molar-refractivity contribution in [1.82, 2.24) is 0 Å². The Bertz CT molecular complexity index is 606. The van der Waals surface area contributed by atoms with Gasteiger partial charge < -0.3 is 29.5 Å². The predicted molar refractivity (Wildman–Crippen MR) is 134 cm³/mol. The molecular formula is C26H47NO6. The molecule has 1 atom stereocenters. The van der Waals surface area contributed by atoms with Crippen LogP contribution in [-0.2, 0) is 20.7 Å². The highest BCUT2D eigenvalue weighted by Gasteiger charge is 2.15. The SMILES string of the molecule is CC.CCCCOC(N)=O.COCCCOc1cc(CC(CCC=O)C(C)C)ccc1OC. The summed E-state index contributed by atoms with van der Waals surface area (Å²) in [4.78, 5) is 20.5. The maximum absolute atomic E-state index is 10.6. The van der Waals surface area contributed by atoms with Crippen LogP contribution in [0.25, 0.3) is 0 Å². The molecule has 0 saturated carbocycles. The maximum Gasteiger partial charge on any atom is 0.404 e. The van der Waals surface area contributed by atoms with Gasteiger partial charge in [0.25, 0.3) is 0 Å². The van der Waals surface area contributed by atoms with Crippen molar-refractivity contribution in [2.24, 2.45) is 17.6 Å². The summed E-state index contributed by atoms with van der Waals surface area (Å²) in [5.41, 5.74) is 5.89. The van der Waals surface area contributed by atoms with Gasteiger partial charge in [-0.15, -0.1) is 0 Å². The third-order valence-corrected chi connectivity index (χ3v) is 4.82. The van der Waals surface area contributed by atoms with Crippen molar-refractivity contribution in [3.63, 3.8) is 0 Å². The van der Waals surface area contributed by atoms with E-state index in [0.29, 0.717) is 38.1 Å². The van der Waals surface area contributed by atoms with Gasteiger partial charge in [0.05, 0.1) is 20.3 Å². The number of rotatable bonds is 15. The lowest BCUT2D eigenvalue weighted by molar-refractivity contribution is -0.108. The first kappa shape index (κ1) is 32.9. The molecule has 0 saturated heterocycles. The molecule has 192 valence electrons. The van der Waals surface area contributed by atoms with Crippen molar-refractivity contribution in [1.29, 1.82) is 0 Å². The number of primary amides is 1. The Kier molecular flexibility index (Phi) is 22.8. The van der Waals surface area contributed by atoms with Gasteiger partial charge in [0.15, 0.2) is 11.5 Å². The van der Waals surface area contributed by atoms with Gasteiger partial charge in [0, 0.05) is 26.6 Å². The molecule has 0 radical (unpaired) electrons. The number of hydrogen-bond donors (Lipinski definition) is 1. The van der Waals surface area contributed by atoms with E-state index >= 15 is 0 Å². The zero-order chi connectivity index (χ0) is 25.5. The fourth-order valence-electron chi connectivity index (χ4n) is 2.92. The van der Waals surface area contributed by atoms with Crippen LogP contribution in [0.15, 0.2) is 18.2 Å². The summed E-state index contributed by atoms with van der Waals surface area (Å²) in [6.07, 6.45) is 5.58. The Hall–Kier alpha value is -2.28. The quantitative estimate of drug-likeness (QED) is 0.257. The van der Waals surface area contributed by atoms with Crippen molar-refractivity contribution >= 4 is 12.4 Å². The Labute approximate surface area is 201 Å². The zero-order valence-corrected chi connectivity index (χ0v) is 21.9. The molecule has 1 rings (SSSR count). The van der Waals surface area contributed by atoms with Gasteiger partial charge in [-0.1, -0.05) is 47.1 Å². The number of carbonyl (C=O) groups excluding carboxylic acids is 2. The van der Waals surface area contributed by atoms with E-state index in [1.807, 2.05) is 26.8 Å². The maximum atomic E-state index is 10.6. The first-order chi connectivity index (χ1) is 15.9. The standard InChI is InChI=1S/C19H30O4.C5H11NO2.C2H6/c1-15(2)17(7-5-10-20)13-16-8-9-18(22-4)19(14-16)23-12-6-11-21-3;1-2-3-4-8-5(6)7;1-2/h8-10,14-15,17H,5-7,11-13H2,1-4H3;2-4H2,1H3,(H2,6,7);1-2H3. The molecule has 1 aromatic carbocycles. The molecule has 0 aliphatic carbocycles. The van der Waals surface area contributed by atoms with E-state index in [-0.39, 0.29) is 0 Å². The van der Waals surface area contributed by atoms with Crippen LogP contribution in [0.5, 0.6) is 11.5 Å². The van der Waals surface area contributed by atoms with Crippen LogP contribution in [0.1, 0.15) is 72.3 Å². The van der Waals surface area contributed by atoms with Crippen LogP contribution in [0.4, 0.5) is 4.79 Å². The number of amides is 1. The summed E-state index contributed by atoms with van der Waals surface area (Å²) in [6.45, 7) is 12.2. The molecule has 7 nitrogen and oxygen atoms in total. The molecule has 0 heterocycles. The number of ether oxygens (including phenoxy) is 4. The van der Waals surface area contributed by atoms with E-state index in [2.05, 4.69) is 36.5 Å². The predicted octanol–water partition coefficient (Wildman–Crippen LogP) is 5.81. The van der Waals surface area contributed by atoms with Crippen LogP contribution in [-0.4, -0.2) is 46.4 Å². The molecule has 2 N–H and O–H groups in total. The molecule has 1 aromatic rings. The van der Waals surface area contributed by atoms with Crippen molar-refractivity contribution < 1.29 is 28.5 Å². The fraction of sp³-hybridized carbons (Fsp3) is 0.692. The summed E-state index contributed by atoms with van der Waals surface area (Å²) >= 11 is 0. The van der Waals surface area contributed by atoms with Crippen molar-refractivity contribution in [2.75, 3.05) is 34.0 Å². The van der Waals surface area contributed by atoms with Crippen molar-refractivity contribution in [3.8, 4) is 11.5 Å². The minimum Gasteiger partial charge on any atom is -0.493 e. The molecule has 0 aromatic heterocycles. The van der Waals surface area contributed by atoms with Gasteiger partial charge in [0.1, 0.15) is 6.29 Å². The third kappa shape index (κ3) is 17.9. The second-order valence-corrected chi connectivity index (χ2v) is 7.65. The lowest BCUT2D eigenvalue weighted by Crippen LogP contribution is -2.13. The smallest absolute Gasteiger partial charge is 0.404 e. The molecule has 1 amide bonds. The van der Waals surface area contributed by atoms with Crippen LogP contribution in [0.3, 0.4) is 0 Å². The number of benzene rings is 1. The molecule has 0 aliphatic rings. The molecule has 0 bridgehead atoms. The number of hydrogen-bond acceptors (Lipinski definition) is 6. The highest BCUT2D eigenvalue weighted by Crippen LogP contribution is 2.31. The van der Waals surface area contributed by atoms with Crippen molar-refractivity contribution in [3.05, 3.63) is 23.8 Å². The number of methoxy groups -OCH3 is 2. The minimum absolute atomic E-state index is 0.450. The highest BCUT2D eigenvalue weighted by atomic mass is 16.5. The second-order valence-electron chi connectivity index (χ2n) is 7.65. The van der Waals surface area contributed by atoms with Crippen LogP contribution >= 0.6 is 0 Å². The lowest BCUT2D eigenvalue weighted by atomic mass is 9.86. The van der Waals surface area contributed by atoms with Gasteiger partial charge in [-0.2, -0.15) is 0 Å². The summed E-state index contributed by atoms with van der Waals surface area (Å²) in [5, 5.41) is 0. The third-order valence-electron chi connectivity index (χ3n) is 4.82. The van der Waals surface area contributed by atoms with E-state index in [9.17, 15) is 9.59 Å². The van der Waals surface area contributed by atoms with E-state index in [1.54, 1.807) is 14.2 Å². The lowest BCUT2D eigenvalue weighted by Gasteiger charge is -2.21. The Morgan fingerprint density at radius 1 is 1.06 bits per heavy atom. The normalized spacial score (nSPS) is 10.8. The fourth-order valence-corrected chi connectivity index (χ4v) is 2.92. The van der Waals surface area contributed by atoms with Gasteiger partial charge in [-0.3, -0.25) is 0 Å². The minimum atomic E-state index is -0.682. The largest absolute Gasteiger partial charge is 0.493 e. The molecule has 33 heavy (non-hydrogen) atoms. The number of unbranched alkanes of at least 4 members (excludes halogenated alkanes) is 1. The van der Waals surface area contributed by atoms with E-state index in [4.69, 9.17) is 14.2 Å². The molecular weight excluding hydrogens is 422 g/mol. The van der Waals surface area contributed by atoms with Crippen LogP contribution in [0, 0.1) is 11.8 Å². The van der Waals surface area contributed by atoms with Gasteiger partial charge in [-0.25, -0.2) is 4.79 Å². The van der Waals surface area contributed by atoms with Crippen LogP contribution < -0.4 is 15.2 Å². The van der Waals surface area contributed by atoms with E-state index in [1.165, 1.54) is 5.56 Å². The average Bonchev–Trinajstić information content (AvgIpc) is 2.81. The molecule has 1 unspecified atom stereocenters. The molecule has 7 heteroatoms. The average molecular weight is 470 g/mol. The Morgan fingerprint density at radius 2 is 1.76 bits per heavy atom. The number of nitrogens with two attached hydrogens (primary N) is 1. The molecule has 0 fully saturated rings. The summed E-state index contributed by atoms with van der Waals surface area (Å²) < 4.78 is 20.7. The van der Waals surface area contributed by atoms with Crippen molar-refractivity contribution in [2.45, 2.75) is 73.1 Å². The highest BCUT2D eigenvalue weighted by molar-refractivity contribution is 5.64. The summed E-state index contributed by atoms with van der Waals surface area (Å²) in [7, 11) is 3.34. The second kappa shape index (κ2) is 22.9. The van der Waals surface area contributed by atoms with E-state index in [0.717, 1.165) is 49.9 Å². The van der Waals surface area contributed by atoms with Gasteiger partial charge >= 0.3 is 6.09 Å². The van der Waals surface area contributed by atoms with Crippen LogP contribution in [0.2, 0.25) is 0 Å². The Morgan fingerprint density at radius 3 is 2.27 bits per heavy atom. The summed E-state index contributed by atoms with van der Waals surface area (Å²) in [5.74, 6) is 2.57. The monoisotopic (exact) mass is 469 g/mol.